The van der Waals surface area contributed by atoms with E-state index in [-0.39, 0.29) is 5.92 Å². The van der Waals surface area contributed by atoms with Crippen LogP contribution < -0.4 is 0 Å². The molecule has 2 N–H and O–H groups in total. The molecule has 0 unspecified atom stereocenters. The molecule has 3 nitrogen and oxygen atoms in total. The number of hydrogen-bond acceptors (Lipinski definition) is 2. The second-order valence-corrected chi connectivity index (χ2v) is 5.11. The highest BCUT2D eigenvalue weighted by Gasteiger charge is 2.42. The Hall–Kier alpha value is -1.79. The van der Waals surface area contributed by atoms with E-state index in [2.05, 4.69) is 11.8 Å². The van der Waals surface area contributed by atoms with Crippen molar-refractivity contribution in [3.05, 3.63) is 35.9 Å². The van der Waals surface area contributed by atoms with Crippen LogP contribution in [-0.2, 0) is 4.79 Å². The lowest BCUT2D eigenvalue weighted by atomic mass is 9.69. The molecule has 1 aliphatic carbocycles. The van der Waals surface area contributed by atoms with E-state index in [1.165, 1.54) is 0 Å². The van der Waals surface area contributed by atoms with Gasteiger partial charge in [-0.3, -0.25) is 4.79 Å². The molecule has 1 fully saturated rings. The van der Waals surface area contributed by atoms with Crippen LogP contribution in [0.15, 0.2) is 30.3 Å². The van der Waals surface area contributed by atoms with E-state index in [4.69, 9.17) is 0 Å². The minimum atomic E-state index is -1.05. The van der Waals surface area contributed by atoms with Crippen molar-refractivity contribution < 1.29 is 15.0 Å². The van der Waals surface area contributed by atoms with Crippen molar-refractivity contribution in [2.24, 2.45) is 5.92 Å². The first-order chi connectivity index (χ1) is 9.06. The first kappa shape index (κ1) is 13.6. The molecule has 0 aliphatic heterocycles. The van der Waals surface area contributed by atoms with Gasteiger partial charge in [-0.25, -0.2) is 0 Å². The van der Waals surface area contributed by atoms with Crippen LogP contribution in [0, 0.1) is 17.8 Å². The van der Waals surface area contributed by atoms with Crippen molar-refractivity contribution in [2.45, 2.75) is 37.7 Å². The maximum atomic E-state index is 11.4. The predicted octanol–water partition coefficient (Wildman–Crippen LogP) is 2.41. The molecule has 1 aliphatic rings. The number of carbonyl (C=O) groups is 1. The number of rotatable bonds is 2. The number of aliphatic hydroxyl groups is 1. The van der Waals surface area contributed by atoms with Crippen LogP contribution in [0.1, 0.15) is 37.7 Å². The molecule has 0 heterocycles. The van der Waals surface area contributed by atoms with Crippen LogP contribution in [0.5, 0.6) is 0 Å². The SMILES string of the molecule is CC#C[C@@]1(O)CC[C@@H](C(=O)O)[C@H](c2ccccc2)C1. The summed E-state index contributed by atoms with van der Waals surface area (Å²) in [6, 6.07) is 9.54. The van der Waals surface area contributed by atoms with Crippen molar-refractivity contribution in [2.75, 3.05) is 0 Å². The Balaban J connectivity index is 2.32. The zero-order valence-corrected chi connectivity index (χ0v) is 11.0. The highest BCUT2D eigenvalue weighted by Crippen LogP contribution is 2.42. The van der Waals surface area contributed by atoms with Gasteiger partial charge in [-0.2, -0.15) is 0 Å². The van der Waals surface area contributed by atoms with E-state index in [0.717, 1.165) is 5.56 Å². The molecule has 0 aromatic heterocycles. The molecular formula is C16H18O3. The first-order valence-electron chi connectivity index (χ1n) is 6.50. The van der Waals surface area contributed by atoms with Gasteiger partial charge in [0.1, 0.15) is 5.60 Å². The molecule has 0 bridgehead atoms. The lowest BCUT2D eigenvalue weighted by Crippen LogP contribution is -2.39. The van der Waals surface area contributed by atoms with Crippen LogP contribution in [0.2, 0.25) is 0 Å². The summed E-state index contributed by atoms with van der Waals surface area (Å²) in [5.41, 5.74) is -0.0905. The average molecular weight is 258 g/mol. The van der Waals surface area contributed by atoms with Crippen LogP contribution in [-0.4, -0.2) is 21.8 Å². The first-order valence-corrected chi connectivity index (χ1v) is 6.50. The molecule has 0 amide bonds. The van der Waals surface area contributed by atoms with Crippen molar-refractivity contribution in [1.82, 2.24) is 0 Å². The van der Waals surface area contributed by atoms with Gasteiger partial charge in [0, 0.05) is 5.92 Å². The Morgan fingerprint density at radius 1 is 1.37 bits per heavy atom. The molecule has 100 valence electrons. The zero-order chi connectivity index (χ0) is 13.9. The zero-order valence-electron chi connectivity index (χ0n) is 11.0. The molecule has 3 heteroatoms. The fourth-order valence-corrected chi connectivity index (χ4v) is 2.90. The third kappa shape index (κ3) is 2.97. The van der Waals surface area contributed by atoms with E-state index in [1.54, 1.807) is 6.92 Å². The Bertz CT molecular complexity index is 512. The molecule has 0 saturated heterocycles. The monoisotopic (exact) mass is 258 g/mol. The fraction of sp³-hybridized carbons (Fsp3) is 0.438. The Labute approximate surface area is 113 Å². The van der Waals surface area contributed by atoms with E-state index in [0.29, 0.717) is 19.3 Å². The summed E-state index contributed by atoms with van der Waals surface area (Å²) in [5.74, 6) is 4.16. The number of carboxylic acids is 1. The van der Waals surface area contributed by atoms with Crippen LogP contribution in [0.25, 0.3) is 0 Å². The molecule has 1 aromatic carbocycles. The Kier molecular flexibility index (Phi) is 3.92. The second-order valence-electron chi connectivity index (χ2n) is 5.11. The number of carboxylic acid groups (broad SMARTS) is 1. The summed E-state index contributed by atoms with van der Waals surface area (Å²) in [7, 11) is 0. The minimum Gasteiger partial charge on any atom is -0.481 e. The fourth-order valence-electron chi connectivity index (χ4n) is 2.90. The quantitative estimate of drug-likeness (QED) is 0.801. The topological polar surface area (TPSA) is 57.5 Å². The number of aliphatic carboxylic acids is 1. The van der Waals surface area contributed by atoms with Gasteiger partial charge in [-0.1, -0.05) is 36.3 Å². The van der Waals surface area contributed by atoms with Gasteiger partial charge in [-0.15, -0.1) is 5.92 Å². The normalized spacial score (nSPS) is 30.2. The van der Waals surface area contributed by atoms with Gasteiger partial charge in [0.15, 0.2) is 0 Å². The smallest absolute Gasteiger partial charge is 0.307 e. The van der Waals surface area contributed by atoms with Gasteiger partial charge < -0.3 is 10.2 Å². The summed E-state index contributed by atoms with van der Waals surface area (Å²) in [6.45, 7) is 1.69. The summed E-state index contributed by atoms with van der Waals surface area (Å²) in [6.07, 6.45) is 1.27. The van der Waals surface area contributed by atoms with Crippen molar-refractivity contribution in [3.63, 3.8) is 0 Å². The van der Waals surface area contributed by atoms with Gasteiger partial charge in [0.05, 0.1) is 5.92 Å². The molecular weight excluding hydrogens is 240 g/mol. The van der Waals surface area contributed by atoms with E-state index in [1.807, 2.05) is 30.3 Å². The molecule has 0 spiro atoms. The molecule has 2 rings (SSSR count). The second kappa shape index (κ2) is 5.46. The number of hydrogen-bond donors (Lipinski definition) is 2. The summed E-state index contributed by atoms with van der Waals surface area (Å²) >= 11 is 0. The highest BCUT2D eigenvalue weighted by molar-refractivity contribution is 5.71. The van der Waals surface area contributed by atoms with Crippen LogP contribution in [0.3, 0.4) is 0 Å². The minimum absolute atomic E-state index is 0.182. The lowest BCUT2D eigenvalue weighted by Gasteiger charge is -2.37. The third-order valence-corrected chi connectivity index (χ3v) is 3.81. The van der Waals surface area contributed by atoms with Crippen LogP contribution >= 0.6 is 0 Å². The molecule has 19 heavy (non-hydrogen) atoms. The van der Waals surface area contributed by atoms with E-state index >= 15 is 0 Å². The molecule has 0 radical (unpaired) electrons. The molecule has 3 atom stereocenters. The maximum Gasteiger partial charge on any atom is 0.307 e. The highest BCUT2D eigenvalue weighted by atomic mass is 16.4. The summed E-state index contributed by atoms with van der Waals surface area (Å²) in [5, 5.41) is 19.8. The van der Waals surface area contributed by atoms with Gasteiger partial charge in [0.2, 0.25) is 0 Å². The Morgan fingerprint density at radius 2 is 2.05 bits per heavy atom. The van der Waals surface area contributed by atoms with Crippen molar-refractivity contribution in [3.8, 4) is 11.8 Å². The predicted molar refractivity (Wildman–Crippen MR) is 72.6 cm³/mol. The van der Waals surface area contributed by atoms with E-state index < -0.39 is 17.5 Å². The Morgan fingerprint density at radius 3 is 2.63 bits per heavy atom. The largest absolute Gasteiger partial charge is 0.481 e. The van der Waals surface area contributed by atoms with Crippen molar-refractivity contribution >= 4 is 5.97 Å². The standard InChI is InChI=1S/C16H18O3/c1-2-9-16(19)10-8-13(15(17)18)14(11-16)12-6-4-3-5-7-12/h3-7,13-14,19H,8,10-11H2,1H3,(H,17,18)/t13-,14+,16-/m1/s1. The van der Waals surface area contributed by atoms with Crippen LogP contribution in [0.4, 0.5) is 0 Å². The summed E-state index contributed by atoms with van der Waals surface area (Å²) in [4.78, 5) is 11.4. The van der Waals surface area contributed by atoms with E-state index in [9.17, 15) is 15.0 Å². The van der Waals surface area contributed by atoms with Gasteiger partial charge in [0.25, 0.3) is 0 Å². The van der Waals surface area contributed by atoms with Gasteiger partial charge in [-0.05, 0) is 31.7 Å². The number of benzene rings is 1. The molecule has 1 saturated carbocycles. The third-order valence-electron chi connectivity index (χ3n) is 3.81. The average Bonchev–Trinajstić information content (AvgIpc) is 2.39. The summed E-state index contributed by atoms with van der Waals surface area (Å²) < 4.78 is 0. The lowest BCUT2D eigenvalue weighted by molar-refractivity contribution is -0.145. The maximum absolute atomic E-state index is 11.4. The van der Waals surface area contributed by atoms with Gasteiger partial charge >= 0.3 is 5.97 Å². The molecule has 1 aromatic rings. The van der Waals surface area contributed by atoms with Crippen molar-refractivity contribution in [1.29, 1.82) is 0 Å².